The number of carbonyl (C=O) groups excluding carboxylic acids is 2. The maximum atomic E-state index is 14.0. The van der Waals surface area contributed by atoms with Crippen LogP contribution in [-0.4, -0.2) is 35.2 Å². The second kappa shape index (κ2) is 13.3. The van der Waals surface area contributed by atoms with Crippen molar-refractivity contribution in [2.75, 3.05) is 4.90 Å². The fourth-order valence-electron chi connectivity index (χ4n) is 8.10. The lowest BCUT2D eigenvalue weighted by Gasteiger charge is -2.42. The van der Waals surface area contributed by atoms with Crippen LogP contribution in [0.25, 0.3) is 22.4 Å². The van der Waals surface area contributed by atoms with Gasteiger partial charge in [-0.25, -0.2) is 4.90 Å². The number of imide groups is 1. The van der Waals surface area contributed by atoms with Gasteiger partial charge in [-0.1, -0.05) is 72.3 Å². The lowest BCUT2D eigenvalue weighted by atomic mass is 9.58. The molecule has 0 saturated carbocycles. The van der Waals surface area contributed by atoms with E-state index in [2.05, 4.69) is 0 Å². The molecular formula is C39H32BF6NO5. The Morgan fingerprint density at radius 1 is 0.865 bits per heavy atom. The molecule has 52 heavy (non-hydrogen) atoms. The number of carbonyl (C=O) groups is 2. The number of rotatable bonds is 6. The molecule has 6 nitrogen and oxygen atoms in total. The van der Waals surface area contributed by atoms with E-state index in [0.717, 1.165) is 27.7 Å². The number of phenolic OH excluding ortho intramolecular Hbond substituents is 1. The standard InChI is InChI=1S/C39H32BF6NO5/c1-21-15-30-35(37(50)47(36(30)49)27-18-25(38(41,42)43)17-26(19-27)39(44,45)46)31-20-40(51)52-33(34(21)31)14-12-23(22-7-3-2-4-8-22)16-24-11-13-32(48)29-10-6-5-9-28(24)29/h2-11,13,16-19,30-31,33,35,48,51H,12,14-15,20H2,1H3/b23-16-/t30-,31+,33-,35-/m1/s1. The number of anilines is 1. The van der Waals surface area contributed by atoms with E-state index in [0.29, 0.717) is 40.8 Å². The summed E-state index contributed by atoms with van der Waals surface area (Å²) in [5.74, 6) is -4.51. The summed E-state index contributed by atoms with van der Waals surface area (Å²) in [6, 6.07) is 21.2. The van der Waals surface area contributed by atoms with Crippen LogP contribution in [-0.2, 0) is 26.6 Å². The van der Waals surface area contributed by atoms with E-state index in [1.165, 1.54) is 0 Å². The minimum Gasteiger partial charge on any atom is -0.507 e. The second-order valence-corrected chi connectivity index (χ2v) is 13.6. The van der Waals surface area contributed by atoms with Gasteiger partial charge >= 0.3 is 19.5 Å². The highest BCUT2D eigenvalue weighted by atomic mass is 19.4. The monoisotopic (exact) mass is 719 g/mol. The van der Waals surface area contributed by atoms with Crippen LogP contribution < -0.4 is 4.90 Å². The third-order valence-electron chi connectivity index (χ3n) is 10.4. The molecule has 2 heterocycles. The zero-order valence-electron chi connectivity index (χ0n) is 27.7. The van der Waals surface area contributed by atoms with E-state index in [4.69, 9.17) is 4.65 Å². The highest BCUT2D eigenvalue weighted by molar-refractivity contribution is 6.43. The first-order valence-electron chi connectivity index (χ1n) is 16.8. The lowest BCUT2D eigenvalue weighted by molar-refractivity contribution is -0.143. The number of fused-ring (bicyclic) bond motifs is 4. The zero-order valence-corrected chi connectivity index (χ0v) is 27.7. The van der Waals surface area contributed by atoms with E-state index >= 15 is 0 Å². The fourth-order valence-corrected chi connectivity index (χ4v) is 8.10. The van der Waals surface area contributed by atoms with Gasteiger partial charge in [0.15, 0.2) is 0 Å². The Morgan fingerprint density at radius 3 is 2.15 bits per heavy atom. The maximum absolute atomic E-state index is 14.0. The van der Waals surface area contributed by atoms with E-state index in [9.17, 15) is 46.1 Å². The molecule has 4 atom stereocenters. The molecule has 0 aromatic heterocycles. The molecule has 0 radical (unpaired) electrons. The van der Waals surface area contributed by atoms with E-state index < -0.39 is 72.0 Å². The molecule has 2 saturated heterocycles. The maximum Gasteiger partial charge on any atom is 0.455 e. The van der Waals surface area contributed by atoms with Crippen LogP contribution in [0.5, 0.6) is 5.75 Å². The van der Waals surface area contributed by atoms with E-state index in [-0.39, 0.29) is 24.6 Å². The average Bonchev–Trinajstić information content (AvgIpc) is 3.35. The molecule has 2 fully saturated rings. The number of halogens is 6. The van der Waals surface area contributed by atoms with Crippen LogP contribution >= 0.6 is 0 Å². The summed E-state index contributed by atoms with van der Waals surface area (Å²) in [5, 5.41) is 22.9. The number of aromatic hydroxyl groups is 1. The third-order valence-corrected chi connectivity index (χ3v) is 10.4. The van der Waals surface area contributed by atoms with Gasteiger partial charge in [0.25, 0.3) is 0 Å². The molecule has 2 aliphatic heterocycles. The molecule has 4 aromatic rings. The van der Waals surface area contributed by atoms with Gasteiger partial charge in [-0.3, -0.25) is 9.59 Å². The van der Waals surface area contributed by atoms with Crippen molar-refractivity contribution in [3.8, 4) is 5.75 Å². The van der Waals surface area contributed by atoms with Crippen LogP contribution in [0, 0.1) is 17.8 Å². The summed E-state index contributed by atoms with van der Waals surface area (Å²) in [6.07, 6.45) is -8.23. The van der Waals surface area contributed by atoms with Crippen LogP contribution in [0.4, 0.5) is 32.0 Å². The molecule has 0 unspecified atom stereocenters. The molecule has 7 rings (SSSR count). The van der Waals surface area contributed by atoms with Gasteiger partial charge in [0.05, 0.1) is 34.8 Å². The molecular weight excluding hydrogens is 687 g/mol. The Hall–Kier alpha value is -4.88. The quantitative estimate of drug-likeness (QED) is 0.0684. The number of phenols is 1. The van der Waals surface area contributed by atoms with Crippen molar-refractivity contribution in [2.24, 2.45) is 17.8 Å². The van der Waals surface area contributed by atoms with Crippen molar-refractivity contribution in [3.63, 3.8) is 0 Å². The molecule has 2 amide bonds. The fraction of sp³-hybridized carbons (Fsp3) is 0.282. The van der Waals surface area contributed by atoms with Crippen molar-refractivity contribution in [1.82, 2.24) is 0 Å². The van der Waals surface area contributed by atoms with Crippen molar-refractivity contribution >= 4 is 47.0 Å². The topological polar surface area (TPSA) is 87.1 Å². The van der Waals surface area contributed by atoms with Crippen LogP contribution in [0.2, 0.25) is 6.32 Å². The van der Waals surface area contributed by atoms with Crippen molar-refractivity contribution in [3.05, 3.63) is 118 Å². The van der Waals surface area contributed by atoms with Gasteiger partial charge in [0.2, 0.25) is 11.8 Å². The summed E-state index contributed by atoms with van der Waals surface area (Å²) in [5.41, 5.74) is 0.0793. The highest BCUT2D eigenvalue weighted by Gasteiger charge is 2.57. The summed E-state index contributed by atoms with van der Waals surface area (Å²) in [4.78, 5) is 28.2. The van der Waals surface area contributed by atoms with Gasteiger partial charge in [0, 0.05) is 5.39 Å². The SMILES string of the molecule is CC1=C2[C@@H](CC/C(=C/c3ccc(O)c4ccccc34)c3ccccc3)OB(O)C[C@@H]2[C@@H]2C(=O)N(c3cc(C(F)(F)F)cc(C(F)(F)F)c3)C(=O)[C@@H]2C1. The third kappa shape index (κ3) is 6.52. The molecule has 1 aliphatic carbocycles. The molecule has 13 heteroatoms. The number of hydrogen-bond donors (Lipinski definition) is 2. The molecule has 268 valence electrons. The van der Waals surface area contributed by atoms with Crippen molar-refractivity contribution in [2.45, 2.75) is 51.0 Å². The predicted octanol–water partition coefficient (Wildman–Crippen LogP) is 8.93. The Bertz CT molecular complexity index is 2100. The summed E-state index contributed by atoms with van der Waals surface area (Å²) in [6.45, 7) is 1.77. The molecule has 2 N–H and O–H groups in total. The van der Waals surface area contributed by atoms with Crippen LogP contribution in [0.15, 0.2) is 96.1 Å². The van der Waals surface area contributed by atoms with Crippen LogP contribution in [0.1, 0.15) is 48.4 Å². The second-order valence-electron chi connectivity index (χ2n) is 13.6. The minimum atomic E-state index is -5.17. The van der Waals surface area contributed by atoms with Crippen molar-refractivity contribution in [1.29, 1.82) is 0 Å². The Kier molecular flexibility index (Phi) is 9.07. The average molecular weight is 719 g/mol. The number of nitrogens with zero attached hydrogens (tertiary/aromatic N) is 1. The molecule has 0 spiro atoms. The number of hydrogen-bond acceptors (Lipinski definition) is 5. The lowest BCUT2D eigenvalue weighted by Crippen LogP contribution is -2.46. The summed E-state index contributed by atoms with van der Waals surface area (Å²) >= 11 is 0. The number of allylic oxidation sites excluding steroid dienone is 2. The normalized spacial score (nSPS) is 22.7. The largest absolute Gasteiger partial charge is 0.507 e. The van der Waals surface area contributed by atoms with Gasteiger partial charge in [-0.2, -0.15) is 26.3 Å². The Labute approximate surface area is 295 Å². The smallest absolute Gasteiger partial charge is 0.455 e. The zero-order chi connectivity index (χ0) is 37.1. The van der Waals surface area contributed by atoms with Gasteiger partial charge < -0.3 is 14.8 Å². The predicted molar refractivity (Wildman–Crippen MR) is 184 cm³/mol. The van der Waals surface area contributed by atoms with Gasteiger partial charge in [0.1, 0.15) is 5.75 Å². The number of amides is 2. The number of benzene rings is 4. The molecule has 3 aliphatic rings. The van der Waals surface area contributed by atoms with Crippen LogP contribution in [0.3, 0.4) is 0 Å². The summed E-state index contributed by atoms with van der Waals surface area (Å²) < 4.78 is 88.2. The van der Waals surface area contributed by atoms with E-state index in [1.807, 2.05) is 66.7 Å². The van der Waals surface area contributed by atoms with Crippen molar-refractivity contribution < 1.29 is 50.7 Å². The first-order valence-corrected chi connectivity index (χ1v) is 16.8. The minimum absolute atomic E-state index is 0.0485. The van der Waals surface area contributed by atoms with Gasteiger partial charge in [-0.05, 0) is 90.3 Å². The first kappa shape index (κ1) is 35.5. The van der Waals surface area contributed by atoms with E-state index in [1.54, 1.807) is 13.0 Å². The molecule has 0 bridgehead atoms. The highest BCUT2D eigenvalue weighted by Crippen LogP contribution is 2.52. The number of alkyl halides is 6. The first-order chi connectivity index (χ1) is 24.6. The Morgan fingerprint density at radius 2 is 1.50 bits per heavy atom. The summed E-state index contributed by atoms with van der Waals surface area (Å²) in [7, 11) is -1.34. The Balaban J connectivity index is 1.21. The van der Waals surface area contributed by atoms with Gasteiger partial charge in [-0.15, -0.1) is 0 Å². The molecule has 4 aromatic carbocycles.